The maximum Gasteiger partial charge on any atom is 0.416 e. The second-order valence-electron chi connectivity index (χ2n) is 14.1. The molecule has 4 bridgehead atoms. The highest BCUT2D eigenvalue weighted by molar-refractivity contribution is 5.85. The molecule has 284 valence electrons. The number of hydrogen-bond acceptors (Lipinski definition) is 6. The van der Waals surface area contributed by atoms with Crippen molar-refractivity contribution in [3.05, 3.63) is 116 Å². The van der Waals surface area contributed by atoms with Crippen LogP contribution in [0, 0.1) is 25.5 Å². The molecule has 54 heavy (non-hydrogen) atoms. The number of pyridine rings is 1. The van der Waals surface area contributed by atoms with Crippen molar-refractivity contribution in [2.75, 3.05) is 32.8 Å². The fourth-order valence-electron chi connectivity index (χ4n) is 7.32. The molecule has 3 aliphatic rings. The van der Waals surface area contributed by atoms with Crippen LogP contribution in [0.2, 0.25) is 0 Å². The van der Waals surface area contributed by atoms with Crippen molar-refractivity contribution in [1.29, 1.82) is 0 Å². The zero-order valence-corrected chi connectivity index (χ0v) is 29.1. The lowest BCUT2D eigenvalue weighted by atomic mass is 9.88. The third-order valence-corrected chi connectivity index (χ3v) is 10.2. The van der Waals surface area contributed by atoms with E-state index >= 15 is 8.78 Å². The minimum Gasteiger partial charge on any atom is -0.481 e. The van der Waals surface area contributed by atoms with Gasteiger partial charge in [-0.2, -0.15) is 13.2 Å². The van der Waals surface area contributed by atoms with Crippen molar-refractivity contribution in [3.8, 4) is 22.6 Å². The Morgan fingerprint density at radius 1 is 0.981 bits per heavy atom. The summed E-state index contributed by atoms with van der Waals surface area (Å²) in [5, 5.41) is 12.4. The summed E-state index contributed by atoms with van der Waals surface area (Å²) in [5.41, 5.74) is -1.10. The van der Waals surface area contributed by atoms with E-state index in [-0.39, 0.29) is 54.6 Å². The van der Waals surface area contributed by atoms with Gasteiger partial charge in [0, 0.05) is 54.5 Å². The number of fused-ring (bicyclic) bond motifs is 6. The number of nitrogens with zero attached hydrogens (tertiary/aromatic N) is 2. The van der Waals surface area contributed by atoms with Crippen LogP contribution in [0.1, 0.15) is 63.4 Å². The first kappa shape index (κ1) is 37.2. The number of aromatic nitrogens is 1. The third kappa shape index (κ3) is 7.21. The van der Waals surface area contributed by atoms with Gasteiger partial charge >= 0.3 is 12.1 Å². The average molecular weight is 756 g/mol. The molecule has 0 spiro atoms. The average Bonchev–Trinajstić information content (AvgIpc) is 3.04. The number of aryl methyl sites for hydroxylation is 2. The molecule has 7 rings (SSSR count). The van der Waals surface area contributed by atoms with E-state index in [0.29, 0.717) is 40.5 Å². The van der Waals surface area contributed by atoms with E-state index in [1.807, 2.05) is 13.0 Å². The number of carbonyl (C=O) groups is 2. The number of likely N-dealkylation sites (tertiary alicyclic amines) is 1. The Morgan fingerprint density at radius 2 is 1.72 bits per heavy atom. The molecule has 4 heterocycles. The molecule has 4 aromatic rings. The molecule has 0 unspecified atom stereocenters. The summed E-state index contributed by atoms with van der Waals surface area (Å²) in [7, 11) is 0. The van der Waals surface area contributed by atoms with Gasteiger partial charge in [-0.1, -0.05) is 6.07 Å². The smallest absolute Gasteiger partial charge is 0.416 e. The van der Waals surface area contributed by atoms with E-state index in [2.05, 4.69) is 5.32 Å². The summed E-state index contributed by atoms with van der Waals surface area (Å²) >= 11 is 0. The van der Waals surface area contributed by atoms with E-state index in [4.69, 9.17) is 9.47 Å². The van der Waals surface area contributed by atoms with Crippen molar-refractivity contribution in [1.82, 2.24) is 14.8 Å². The molecule has 0 aliphatic carbocycles. The Labute approximate surface area is 305 Å². The van der Waals surface area contributed by atoms with Gasteiger partial charge in [-0.3, -0.25) is 23.9 Å². The van der Waals surface area contributed by atoms with Crippen molar-refractivity contribution in [3.63, 3.8) is 0 Å². The molecule has 3 aromatic carbocycles. The zero-order chi connectivity index (χ0) is 38.6. The van der Waals surface area contributed by atoms with Gasteiger partial charge in [-0.25, -0.2) is 13.2 Å². The molecule has 3 aliphatic heterocycles. The number of rotatable bonds is 7. The summed E-state index contributed by atoms with van der Waals surface area (Å²) < 4.78 is 101. The lowest BCUT2D eigenvalue weighted by Gasteiger charge is -2.34. The van der Waals surface area contributed by atoms with Crippen LogP contribution in [-0.2, 0) is 26.9 Å². The Kier molecular flexibility index (Phi) is 9.81. The molecule has 9 nitrogen and oxygen atoms in total. The standard InChI is InChI=1S/C39H35F6N3O6/c1-19-7-22(24-17-53-18-24)10-32-35(19)23-8-20(2)36(42)28(9-23)31(13-34(50)51)46-38(52)37(27-11-26(54-32)3-4-30(27)41)48-14-21(5-6-47-15-25(40)16-47)29(12-33(48)49)39(43,44)45/h3-4,7-12,14,24-25,31,37H,5-6,13,15-18H2,1-2H3,(H,46,52)(H,50,51)/t31-,37-/m1/s1. The minimum absolute atomic E-state index is 0.000294. The van der Waals surface area contributed by atoms with Crippen LogP contribution in [0.5, 0.6) is 11.5 Å². The molecule has 2 N–H and O–H groups in total. The fraction of sp³-hybridized carbons (Fsp3) is 0.359. The number of carboxylic acid groups (broad SMARTS) is 1. The minimum atomic E-state index is -4.99. The van der Waals surface area contributed by atoms with Crippen LogP contribution in [0.15, 0.2) is 59.5 Å². The van der Waals surface area contributed by atoms with Gasteiger partial charge in [-0.05, 0) is 84.5 Å². The lowest BCUT2D eigenvalue weighted by Crippen LogP contribution is -2.49. The second kappa shape index (κ2) is 14.3. The number of ether oxygens (including phenoxy) is 2. The number of hydrogen-bond donors (Lipinski definition) is 2. The Morgan fingerprint density at radius 3 is 2.37 bits per heavy atom. The molecule has 0 radical (unpaired) electrons. The van der Waals surface area contributed by atoms with E-state index < -0.39 is 76.6 Å². The number of alkyl halides is 4. The number of aliphatic carboxylic acids is 1. The van der Waals surface area contributed by atoms with E-state index in [9.17, 15) is 37.1 Å². The molecule has 2 atom stereocenters. The lowest BCUT2D eigenvalue weighted by molar-refractivity contribution is -0.139. The van der Waals surface area contributed by atoms with Crippen LogP contribution in [-0.4, -0.2) is 65.5 Å². The number of carbonyl (C=O) groups excluding carboxylic acids is 1. The van der Waals surface area contributed by atoms with Crippen molar-refractivity contribution < 1.29 is 50.5 Å². The van der Waals surface area contributed by atoms with Gasteiger partial charge in [-0.15, -0.1) is 0 Å². The van der Waals surface area contributed by atoms with Crippen LogP contribution in [0.4, 0.5) is 26.3 Å². The maximum absolute atomic E-state index is 16.1. The predicted octanol–water partition coefficient (Wildman–Crippen LogP) is 6.77. The monoisotopic (exact) mass is 755 g/mol. The van der Waals surface area contributed by atoms with Gasteiger partial charge in [0.1, 0.15) is 35.3 Å². The molecular weight excluding hydrogens is 720 g/mol. The normalized spacial score (nSPS) is 19.3. The van der Waals surface area contributed by atoms with E-state index in [1.165, 1.54) is 19.1 Å². The Bertz CT molecular complexity index is 2210. The summed E-state index contributed by atoms with van der Waals surface area (Å²) in [6, 6.07) is 6.75. The van der Waals surface area contributed by atoms with E-state index in [0.717, 1.165) is 23.9 Å². The third-order valence-electron chi connectivity index (χ3n) is 10.2. The number of amides is 1. The molecule has 2 fully saturated rings. The van der Waals surface area contributed by atoms with Crippen molar-refractivity contribution >= 4 is 11.9 Å². The quantitative estimate of drug-likeness (QED) is 0.201. The number of benzene rings is 3. The summed E-state index contributed by atoms with van der Waals surface area (Å²) in [6.45, 7) is 4.24. The number of nitrogens with one attached hydrogen (secondary N) is 1. The van der Waals surface area contributed by atoms with Crippen LogP contribution in [0.3, 0.4) is 0 Å². The summed E-state index contributed by atoms with van der Waals surface area (Å²) in [6.07, 6.45) is -6.44. The van der Waals surface area contributed by atoms with Gasteiger partial charge in [0.15, 0.2) is 0 Å². The molecule has 1 amide bonds. The molecule has 1 aromatic heterocycles. The molecule has 0 saturated carbocycles. The maximum atomic E-state index is 16.1. The number of carboxylic acids is 1. The van der Waals surface area contributed by atoms with Crippen molar-refractivity contribution in [2.45, 2.75) is 57.0 Å². The predicted molar refractivity (Wildman–Crippen MR) is 183 cm³/mol. The van der Waals surface area contributed by atoms with Crippen LogP contribution in [0.25, 0.3) is 11.1 Å². The first-order valence-electron chi connectivity index (χ1n) is 17.3. The van der Waals surface area contributed by atoms with Crippen molar-refractivity contribution in [2.24, 2.45) is 0 Å². The molecular formula is C39H35F6N3O6. The second-order valence-corrected chi connectivity index (χ2v) is 14.1. The largest absolute Gasteiger partial charge is 0.481 e. The Hall–Kier alpha value is -5.15. The van der Waals surface area contributed by atoms with Gasteiger partial charge in [0.05, 0.1) is 31.2 Å². The molecule has 15 heteroatoms. The van der Waals surface area contributed by atoms with Gasteiger partial charge in [0.25, 0.3) is 5.56 Å². The summed E-state index contributed by atoms with van der Waals surface area (Å²) in [4.78, 5) is 41.8. The fourth-order valence-corrected chi connectivity index (χ4v) is 7.32. The highest BCUT2D eigenvalue weighted by Crippen LogP contribution is 2.43. The first-order chi connectivity index (χ1) is 25.6. The van der Waals surface area contributed by atoms with Gasteiger partial charge < -0.3 is 19.9 Å². The topological polar surface area (TPSA) is 110 Å². The zero-order valence-electron chi connectivity index (χ0n) is 29.1. The first-order valence-corrected chi connectivity index (χ1v) is 17.3. The summed E-state index contributed by atoms with van der Waals surface area (Å²) in [5.74, 6) is -4.17. The van der Waals surface area contributed by atoms with Gasteiger partial charge in [0.2, 0.25) is 5.91 Å². The van der Waals surface area contributed by atoms with E-state index in [1.54, 1.807) is 17.0 Å². The number of halogens is 6. The highest BCUT2D eigenvalue weighted by Gasteiger charge is 2.38. The molecule has 2 saturated heterocycles. The van der Waals surface area contributed by atoms with Crippen LogP contribution < -0.4 is 15.6 Å². The SMILES string of the molecule is Cc1cc2cc(c1F)[C@@H](CC(=O)O)NC(=O)[C@H](n1cc(CCN3CC(F)C3)c(C(F)(F)F)cc1=O)c1cc(ccc1F)Oc1cc(C3COC3)cc(C)c1-2. The van der Waals surface area contributed by atoms with Crippen LogP contribution >= 0.6 is 0 Å². The Balaban J connectivity index is 1.45. The highest BCUT2D eigenvalue weighted by atomic mass is 19.4.